The van der Waals surface area contributed by atoms with Gasteiger partial charge in [0.05, 0.1) is 5.52 Å². The van der Waals surface area contributed by atoms with Gasteiger partial charge in [0.15, 0.2) is 5.65 Å². The molecule has 2 heterocycles. The van der Waals surface area contributed by atoms with Gasteiger partial charge in [0, 0.05) is 19.3 Å². The second-order valence-corrected chi connectivity index (χ2v) is 4.50. The molecule has 4 nitrogen and oxygen atoms in total. The van der Waals surface area contributed by atoms with Gasteiger partial charge in [-0.25, -0.2) is 9.78 Å². The Morgan fingerprint density at radius 1 is 1.38 bits per heavy atom. The maximum Gasteiger partial charge on any atom is 0.330 e. The third-order valence-electron chi connectivity index (χ3n) is 3.54. The first kappa shape index (κ1) is 9.63. The smallest absolute Gasteiger partial charge is 0.293 e. The minimum atomic E-state index is 0.0700. The molecule has 0 saturated heterocycles. The maximum atomic E-state index is 12.2. The second kappa shape index (κ2) is 3.47. The maximum absolute atomic E-state index is 12.2. The first-order valence-electron chi connectivity index (χ1n) is 5.81. The van der Waals surface area contributed by atoms with Crippen LogP contribution < -0.4 is 5.69 Å². The molecular weight excluding hydrogens is 202 g/mol. The third kappa shape index (κ3) is 1.22. The lowest BCUT2D eigenvalue weighted by Gasteiger charge is -2.09. The molecule has 0 unspecified atom stereocenters. The van der Waals surface area contributed by atoms with Gasteiger partial charge in [-0.05, 0) is 25.0 Å². The van der Waals surface area contributed by atoms with Gasteiger partial charge in [-0.3, -0.25) is 9.13 Å². The van der Waals surface area contributed by atoms with Crippen molar-refractivity contribution in [2.75, 3.05) is 0 Å². The average Bonchev–Trinajstić information content (AvgIpc) is 2.89. The van der Waals surface area contributed by atoms with Crippen LogP contribution in [0.1, 0.15) is 31.7 Å². The molecule has 1 fully saturated rings. The van der Waals surface area contributed by atoms with Crippen LogP contribution in [0.2, 0.25) is 0 Å². The first-order valence-corrected chi connectivity index (χ1v) is 5.81. The lowest BCUT2D eigenvalue weighted by atomic mass is 10.2. The van der Waals surface area contributed by atoms with Crippen LogP contribution in [0.5, 0.6) is 0 Å². The van der Waals surface area contributed by atoms with Crippen molar-refractivity contribution in [3.63, 3.8) is 0 Å². The van der Waals surface area contributed by atoms with Crippen molar-refractivity contribution in [2.45, 2.75) is 31.7 Å². The minimum absolute atomic E-state index is 0.0700. The van der Waals surface area contributed by atoms with Crippen molar-refractivity contribution in [1.82, 2.24) is 14.1 Å². The van der Waals surface area contributed by atoms with Crippen molar-refractivity contribution in [3.8, 4) is 0 Å². The fraction of sp³-hybridized carbons (Fsp3) is 0.500. The predicted molar refractivity (Wildman–Crippen MR) is 62.5 cm³/mol. The van der Waals surface area contributed by atoms with Crippen LogP contribution in [-0.2, 0) is 7.05 Å². The Morgan fingerprint density at radius 2 is 2.12 bits per heavy atom. The molecular formula is C12H15N3O. The third-order valence-corrected chi connectivity index (χ3v) is 3.54. The van der Waals surface area contributed by atoms with Gasteiger partial charge < -0.3 is 0 Å². The van der Waals surface area contributed by atoms with Gasteiger partial charge in [-0.2, -0.15) is 0 Å². The van der Waals surface area contributed by atoms with E-state index in [1.807, 2.05) is 23.7 Å². The Morgan fingerprint density at radius 3 is 2.88 bits per heavy atom. The average molecular weight is 217 g/mol. The normalized spacial score (nSPS) is 17.3. The standard InChI is InChI=1S/C12H15N3O/c1-14-10-7-4-8-13-11(10)15(12(14)16)9-5-2-3-6-9/h4,7-9H,2-3,5-6H2,1H3. The molecule has 84 valence electrons. The van der Waals surface area contributed by atoms with Gasteiger partial charge in [0.25, 0.3) is 0 Å². The summed E-state index contributed by atoms with van der Waals surface area (Å²) in [6, 6.07) is 4.18. The number of aromatic nitrogens is 3. The molecule has 4 heteroatoms. The Kier molecular flexibility index (Phi) is 2.09. The van der Waals surface area contributed by atoms with Crippen LogP contribution in [0.4, 0.5) is 0 Å². The molecule has 0 aromatic carbocycles. The van der Waals surface area contributed by atoms with Crippen LogP contribution in [0.3, 0.4) is 0 Å². The lowest BCUT2D eigenvalue weighted by molar-refractivity contribution is 0.506. The van der Waals surface area contributed by atoms with E-state index in [9.17, 15) is 4.79 Å². The Balaban J connectivity index is 2.30. The molecule has 3 rings (SSSR count). The highest BCUT2D eigenvalue weighted by Gasteiger charge is 2.22. The molecule has 16 heavy (non-hydrogen) atoms. The van der Waals surface area contributed by atoms with Crippen molar-refractivity contribution >= 4 is 11.2 Å². The topological polar surface area (TPSA) is 39.8 Å². The first-order chi connectivity index (χ1) is 7.79. The molecule has 1 aliphatic rings. The number of pyridine rings is 1. The zero-order valence-corrected chi connectivity index (χ0v) is 9.39. The number of hydrogen-bond acceptors (Lipinski definition) is 2. The van der Waals surface area contributed by atoms with Crippen LogP contribution >= 0.6 is 0 Å². The number of fused-ring (bicyclic) bond motifs is 1. The molecule has 2 aromatic rings. The van der Waals surface area contributed by atoms with Crippen molar-refractivity contribution in [3.05, 3.63) is 28.8 Å². The molecule has 2 aromatic heterocycles. The van der Waals surface area contributed by atoms with E-state index in [2.05, 4.69) is 4.98 Å². The minimum Gasteiger partial charge on any atom is -0.293 e. The van der Waals surface area contributed by atoms with E-state index >= 15 is 0 Å². The van der Waals surface area contributed by atoms with Crippen LogP contribution in [0, 0.1) is 0 Å². The van der Waals surface area contributed by atoms with Gasteiger partial charge in [-0.1, -0.05) is 12.8 Å². The molecule has 0 spiro atoms. The van der Waals surface area contributed by atoms with E-state index in [-0.39, 0.29) is 5.69 Å². The summed E-state index contributed by atoms with van der Waals surface area (Å²) in [4.78, 5) is 16.5. The van der Waals surface area contributed by atoms with Gasteiger partial charge >= 0.3 is 5.69 Å². The summed E-state index contributed by atoms with van der Waals surface area (Å²) < 4.78 is 3.57. The van der Waals surface area contributed by atoms with E-state index in [0.717, 1.165) is 24.0 Å². The van der Waals surface area contributed by atoms with Crippen molar-refractivity contribution in [2.24, 2.45) is 7.05 Å². The summed E-state index contributed by atoms with van der Waals surface area (Å²) in [5.41, 5.74) is 1.84. The summed E-state index contributed by atoms with van der Waals surface area (Å²) in [6.45, 7) is 0. The molecule has 0 radical (unpaired) electrons. The molecule has 0 aliphatic heterocycles. The monoisotopic (exact) mass is 217 g/mol. The SMILES string of the molecule is Cn1c(=O)n(C2CCCC2)c2ncccc21. The summed E-state index contributed by atoms with van der Waals surface area (Å²) in [6.07, 6.45) is 6.42. The molecule has 1 saturated carbocycles. The number of rotatable bonds is 1. The van der Waals surface area contributed by atoms with E-state index < -0.39 is 0 Å². The van der Waals surface area contributed by atoms with E-state index in [1.165, 1.54) is 12.8 Å². The number of imidazole rings is 1. The number of aryl methyl sites for hydroxylation is 1. The highest BCUT2D eigenvalue weighted by Crippen LogP contribution is 2.30. The fourth-order valence-corrected chi connectivity index (χ4v) is 2.68. The quantitative estimate of drug-likeness (QED) is 0.731. The zero-order chi connectivity index (χ0) is 11.1. The highest BCUT2D eigenvalue weighted by molar-refractivity contribution is 5.71. The molecule has 0 bridgehead atoms. The van der Waals surface area contributed by atoms with Crippen molar-refractivity contribution < 1.29 is 0 Å². The van der Waals surface area contributed by atoms with E-state index in [1.54, 1.807) is 10.8 Å². The molecule has 0 N–H and O–H groups in total. The summed E-state index contributed by atoms with van der Waals surface area (Å²) >= 11 is 0. The Labute approximate surface area is 93.5 Å². The fourth-order valence-electron chi connectivity index (χ4n) is 2.68. The Hall–Kier alpha value is -1.58. The second-order valence-electron chi connectivity index (χ2n) is 4.50. The van der Waals surface area contributed by atoms with E-state index in [4.69, 9.17) is 0 Å². The van der Waals surface area contributed by atoms with E-state index in [0.29, 0.717) is 6.04 Å². The van der Waals surface area contributed by atoms with Crippen molar-refractivity contribution in [1.29, 1.82) is 0 Å². The number of hydrogen-bond donors (Lipinski definition) is 0. The molecule has 0 atom stereocenters. The van der Waals surface area contributed by atoms with Crippen LogP contribution in [0.25, 0.3) is 11.2 Å². The Bertz CT molecular complexity index is 575. The van der Waals surface area contributed by atoms with Gasteiger partial charge in [0.1, 0.15) is 0 Å². The predicted octanol–water partition coefficient (Wildman–Crippen LogP) is 1.85. The molecule has 1 aliphatic carbocycles. The highest BCUT2D eigenvalue weighted by atomic mass is 16.1. The van der Waals surface area contributed by atoms with Crippen LogP contribution in [0.15, 0.2) is 23.1 Å². The largest absolute Gasteiger partial charge is 0.330 e. The summed E-state index contributed by atoms with van der Waals surface area (Å²) in [5, 5.41) is 0. The van der Waals surface area contributed by atoms with Gasteiger partial charge in [0.2, 0.25) is 0 Å². The number of nitrogens with zero attached hydrogens (tertiary/aromatic N) is 3. The zero-order valence-electron chi connectivity index (χ0n) is 9.39. The van der Waals surface area contributed by atoms with Crippen LogP contribution in [-0.4, -0.2) is 14.1 Å². The summed E-state index contributed by atoms with van der Waals surface area (Å²) in [5.74, 6) is 0. The summed E-state index contributed by atoms with van der Waals surface area (Å²) in [7, 11) is 1.82. The lowest BCUT2D eigenvalue weighted by Crippen LogP contribution is -2.25. The molecule has 0 amide bonds. The van der Waals surface area contributed by atoms with Gasteiger partial charge in [-0.15, -0.1) is 0 Å².